The quantitative estimate of drug-likeness (QED) is 0.867. The molecule has 2 aromatic rings. The summed E-state index contributed by atoms with van der Waals surface area (Å²) in [4.78, 5) is 0. The Morgan fingerprint density at radius 2 is 2.09 bits per heavy atom. The zero-order valence-electron chi connectivity index (χ0n) is 12.2. The Bertz CT molecular complexity index is 755. The summed E-state index contributed by atoms with van der Waals surface area (Å²) in [6.07, 6.45) is 1.52. The maximum Gasteiger partial charge on any atom is 0.218 e. The largest absolute Gasteiger partial charge is 0.361 e. The van der Waals surface area contributed by atoms with Gasteiger partial charge in [-0.25, -0.2) is 12.8 Å². The van der Waals surface area contributed by atoms with Gasteiger partial charge in [-0.1, -0.05) is 17.3 Å². The van der Waals surface area contributed by atoms with E-state index in [1.807, 2.05) is 0 Å². The summed E-state index contributed by atoms with van der Waals surface area (Å²) >= 11 is 0. The van der Waals surface area contributed by atoms with Gasteiger partial charge < -0.3 is 4.52 Å². The molecule has 0 unspecified atom stereocenters. The molecule has 0 amide bonds. The minimum atomic E-state index is -3.48. The topological polar surface area (TPSA) is 63.4 Å². The Kier molecular flexibility index (Phi) is 4.01. The minimum Gasteiger partial charge on any atom is -0.361 e. The van der Waals surface area contributed by atoms with E-state index in [1.165, 1.54) is 28.6 Å². The molecule has 3 rings (SSSR count). The molecule has 0 radical (unpaired) electrons. The summed E-state index contributed by atoms with van der Waals surface area (Å²) in [7, 11) is -3.48. The SMILES string of the molecule is Cc1cc([C@@H]2CCCN2S(=O)(=O)Cc2ccc(F)cc2)no1. The normalized spacial score (nSPS) is 19.6. The lowest BCUT2D eigenvalue weighted by molar-refractivity contribution is 0.349. The molecule has 1 aliphatic rings. The molecule has 22 heavy (non-hydrogen) atoms. The van der Waals surface area contributed by atoms with Crippen LogP contribution in [0.15, 0.2) is 34.9 Å². The van der Waals surface area contributed by atoms with E-state index in [0.29, 0.717) is 23.6 Å². The Labute approximate surface area is 128 Å². The highest BCUT2D eigenvalue weighted by Gasteiger charge is 2.36. The van der Waals surface area contributed by atoms with Crippen molar-refractivity contribution in [2.75, 3.05) is 6.54 Å². The molecule has 0 spiro atoms. The zero-order valence-corrected chi connectivity index (χ0v) is 13.0. The lowest BCUT2D eigenvalue weighted by Crippen LogP contribution is -2.31. The number of aromatic nitrogens is 1. The summed E-state index contributed by atoms with van der Waals surface area (Å²) in [5.74, 6) is 0.150. The molecule has 1 saturated heterocycles. The number of hydrogen-bond acceptors (Lipinski definition) is 4. The van der Waals surface area contributed by atoms with E-state index >= 15 is 0 Å². The Morgan fingerprint density at radius 1 is 1.36 bits per heavy atom. The van der Waals surface area contributed by atoms with Gasteiger partial charge in [-0.05, 0) is 37.5 Å². The predicted molar refractivity (Wildman–Crippen MR) is 78.9 cm³/mol. The van der Waals surface area contributed by atoms with Crippen LogP contribution in [0.1, 0.15) is 35.9 Å². The molecule has 1 atom stereocenters. The van der Waals surface area contributed by atoms with Crippen molar-refractivity contribution in [2.45, 2.75) is 31.6 Å². The van der Waals surface area contributed by atoms with Crippen LogP contribution in [0.25, 0.3) is 0 Å². The summed E-state index contributed by atoms with van der Waals surface area (Å²) < 4.78 is 44.8. The fourth-order valence-corrected chi connectivity index (χ4v) is 4.57. The first-order valence-electron chi connectivity index (χ1n) is 7.13. The second kappa shape index (κ2) is 5.81. The van der Waals surface area contributed by atoms with Gasteiger partial charge in [0.05, 0.1) is 11.8 Å². The monoisotopic (exact) mass is 324 g/mol. The molecule has 5 nitrogen and oxygen atoms in total. The second-order valence-corrected chi connectivity index (χ2v) is 7.44. The molecule has 0 aliphatic carbocycles. The Morgan fingerprint density at radius 3 is 2.73 bits per heavy atom. The lowest BCUT2D eigenvalue weighted by atomic mass is 10.1. The average Bonchev–Trinajstić information content (AvgIpc) is 3.09. The number of aryl methyl sites for hydroxylation is 1. The highest BCUT2D eigenvalue weighted by Crippen LogP contribution is 2.34. The van der Waals surface area contributed by atoms with Gasteiger partial charge in [-0.2, -0.15) is 4.31 Å². The average molecular weight is 324 g/mol. The van der Waals surface area contributed by atoms with Gasteiger partial charge in [0.15, 0.2) is 0 Å². The molecule has 0 saturated carbocycles. The van der Waals surface area contributed by atoms with Crippen molar-refractivity contribution in [3.8, 4) is 0 Å². The molecule has 1 fully saturated rings. The van der Waals surface area contributed by atoms with Crippen LogP contribution in [0.5, 0.6) is 0 Å². The third-order valence-corrected chi connectivity index (χ3v) is 5.66. The summed E-state index contributed by atoms with van der Waals surface area (Å²) in [5, 5.41) is 3.95. The van der Waals surface area contributed by atoms with Crippen molar-refractivity contribution < 1.29 is 17.3 Å². The van der Waals surface area contributed by atoms with Gasteiger partial charge in [0, 0.05) is 12.6 Å². The van der Waals surface area contributed by atoms with E-state index in [2.05, 4.69) is 5.16 Å². The van der Waals surface area contributed by atoms with Crippen molar-refractivity contribution in [1.29, 1.82) is 0 Å². The first kappa shape index (κ1) is 15.2. The van der Waals surface area contributed by atoms with Gasteiger partial charge in [-0.15, -0.1) is 0 Å². The van der Waals surface area contributed by atoms with Crippen molar-refractivity contribution in [2.24, 2.45) is 0 Å². The van der Waals surface area contributed by atoms with Gasteiger partial charge in [-0.3, -0.25) is 0 Å². The van der Waals surface area contributed by atoms with E-state index in [1.54, 1.807) is 13.0 Å². The molecular weight excluding hydrogens is 307 g/mol. The van der Waals surface area contributed by atoms with Crippen LogP contribution >= 0.6 is 0 Å². The number of hydrogen-bond donors (Lipinski definition) is 0. The summed E-state index contributed by atoms with van der Waals surface area (Å²) in [5.41, 5.74) is 1.22. The van der Waals surface area contributed by atoms with E-state index in [9.17, 15) is 12.8 Å². The number of benzene rings is 1. The molecule has 7 heteroatoms. The van der Waals surface area contributed by atoms with E-state index in [-0.39, 0.29) is 17.6 Å². The van der Waals surface area contributed by atoms with Crippen LogP contribution in [-0.4, -0.2) is 24.4 Å². The fourth-order valence-electron chi connectivity index (χ4n) is 2.79. The fraction of sp³-hybridized carbons (Fsp3) is 0.400. The molecule has 0 bridgehead atoms. The van der Waals surface area contributed by atoms with Gasteiger partial charge in [0.25, 0.3) is 0 Å². The standard InChI is InChI=1S/C15H17FN2O3S/c1-11-9-14(17-21-11)15-3-2-8-18(15)22(19,20)10-12-4-6-13(16)7-5-12/h4-7,9,15H,2-3,8,10H2,1H3/t15-/m0/s1. The highest BCUT2D eigenvalue weighted by atomic mass is 32.2. The van der Waals surface area contributed by atoms with E-state index < -0.39 is 10.0 Å². The van der Waals surface area contributed by atoms with Crippen LogP contribution in [-0.2, 0) is 15.8 Å². The van der Waals surface area contributed by atoms with Crippen molar-refractivity contribution >= 4 is 10.0 Å². The third kappa shape index (κ3) is 3.05. The van der Waals surface area contributed by atoms with Gasteiger partial charge in [0.2, 0.25) is 10.0 Å². The van der Waals surface area contributed by atoms with Crippen LogP contribution in [0.4, 0.5) is 4.39 Å². The van der Waals surface area contributed by atoms with Crippen molar-refractivity contribution in [3.63, 3.8) is 0 Å². The van der Waals surface area contributed by atoms with Crippen molar-refractivity contribution in [1.82, 2.24) is 9.46 Å². The van der Waals surface area contributed by atoms with Gasteiger partial charge in [0.1, 0.15) is 17.3 Å². The maximum absolute atomic E-state index is 12.9. The minimum absolute atomic E-state index is 0.138. The first-order valence-corrected chi connectivity index (χ1v) is 8.74. The Hall–Kier alpha value is -1.73. The number of rotatable bonds is 4. The highest BCUT2D eigenvalue weighted by molar-refractivity contribution is 7.88. The molecule has 118 valence electrons. The molecule has 0 N–H and O–H groups in total. The third-order valence-electron chi connectivity index (χ3n) is 3.81. The lowest BCUT2D eigenvalue weighted by Gasteiger charge is -2.22. The maximum atomic E-state index is 12.9. The van der Waals surface area contributed by atoms with Crippen LogP contribution in [0.2, 0.25) is 0 Å². The van der Waals surface area contributed by atoms with E-state index in [0.717, 1.165) is 12.8 Å². The van der Waals surface area contributed by atoms with Crippen LogP contribution in [0.3, 0.4) is 0 Å². The predicted octanol–water partition coefficient (Wildman–Crippen LogP) is 2.79. The number of halogens is 1. The van der Waals surface area contributed by atoms with Gasteiger partial charge >= 0.3 is 0 Å². The van der Waals surface area contributed by atoms with Crippen LogP contribution in [0, 0.1) is 12.7 Å². The second-order valence-electron chi connectivity index (χ2n) is 5.51. The summed E-state index contributed by atoms with van der Waals surface area (Å²) in [6.45, 7) is 2.25. The molecule has 1 aliphatic heterocycles. The molecular formula is C15H17FN2O3S. The number of sulfonamides is 1. The first-order chi connectivity index (χ1) is 10.5. The number of nitrogens with zero attached hydrogens (tertiary/aromatic N) is 2. The zero-order chi connectivity index (χ0) is 15.7. The smallest absolute Gasteiger partial charge is 0.218 e. The van der Waals surface area contributed by atoms with E-state index in [4.69, 9.17) is 4.52 Å². The molecule has 1 aromatic carbocycles. The Balaban J connectivity index is 1.82. The molecule has 1 aromatic heterocycles. The summed E-state index contributed by atoms with van der Waals surface area (Å²) in [6, 6.07) is 7.04. The van der Waals surface area contributed by atoms with Crippen molar-refractivity contribution in [3.05, 3.63) is 53.2 Å². The van der Waals surface area contributed by atoms with Crippen LogP contribution < -0.4 is 0 Å². The molecule has 2 heterocycles.